The molecule has 0 saturated carbocycles. The Morgan fingerprint density at radius 1 is 1.56 bits per heavy atom. The van der Waals surface area contributed by atoms with Crippen LogP contribution in [0.2, 0.25) is 0 Å². The molecular formula is C15H26N2O. The summed E-state index contributed by atoms with van der Waals surface area (Å²) in [6.45, 7) is 4.01. The number of amides is 1. The summed E-state index contributed by atoms with van der Waals surface area (Å²) in [5.74, 6) is 0.922. The largest absolute Gasteiger partial charge is 0.354 e. The number of rotatable bonds is 5. The maximum absolute atomic E-state index is 12.0. The minimum atomic E-state index is 0.0428. The van der Waals surface area contributed by atoms with E-state index in [9.17, 15) is 4.79 Å². The first kappa shape index (κ1) is 13.6. The van der Waals surface area contributed by atoms with Gasteiger partial charge in [-0.3, -0.25) is 4.79 Å². The lowest BCUT2D eigenvalue weighted by Gasteiger charge is -2.28. The lowest BCUT2D eigenvalue weighted by atomic mass is 9.90. The number of allylic oxidation sites excluding steroid dienone is 1. The van der Waals surface area contributed by atoms with Gasteiger partial charge in [-0.1, -0.05) is 25.0 Å². The average Bonchev–Trinajstić information content (AvgIpc) is 2.92. The number of hydrogen-bond acceptors (Lipinski definition) is 2. The van der Waals surface area contributed by atoms with E-state index >= 15 is 0 Å². The highest BCUT2D eigenvalue weighted by atomic mass is 16.2. The van der Waals surface area contributed by atoms with Gasteiger partial charge in [-0.05, 0) is 51.0 Å². The van der Waals surface area contributed by atoms with Crippen molar-refractivity contribution < 1.29 is 4.79 Å². The molecule has 1 heterocycles. The second-order valence-corrected chi connectivity index (χ2v) is 5.60. The SMILES string of the molecule is CCC1CCNC(C(=O)NCCC2=CCCC2)C1. The monoisotopic (exact) mass is 250 g/mol. The first-order valence-corrected chi connectivity index (χ1v) is 7.48. The van der Waals surface area contributed by atoms with E-state index in [1.54, 1.807) is 0 Å². The van der Waals surface area contributed by atoms with Gasteiger partial charge in [-0.2, -0.15) is 0 Å². The normalized spacial score (nSPS) is 27.9. The highest BCUT2D eigenvalue weighted by molar-refractivity contribution is 5.81. The second kappa shape index (κ2) is 6.93. The fourth-order valence-electron chi connectivity index (χ4n) is 3.00. The molecule has 1 amide bonds. The lowest BCUT2D eigenvalue weighted by Crippen LogP contribution is -2.48. The third-order valence-electron chi connectivity index (χ3n) is 4.29. The van der Waals surface area contributed by atoms with E-state index in [0.29, 0.717) is 0 Å². The Kier molecular flexibility index (Phi) is 5.24. The third kappa shape index (κ3) is 3.84. The Balaban J connectivity index is 1.67. The summed E-state index contributed by atoms with van der Waals surface area (Å²) in [5, 5.41) is 6.42. The molecule has 0 aromatic heterocycles. The van der Waals surface area contributed by atoms with Crippen molar-refractivity contribution in [3.63, 3.8) is 0 Å². The van der Waals surface area contributed by atoms with Gasteiger partial charge >= 0.3 is 0 Å². The number of carbonyl (C=O) groups is 1. The highest BCUT2D eigenvalue weighted by Gasteiger charge is 2.25. The molecular weight excluding hydrogens is 224 g/mol. The minimum Gasteiger partial charge on any atom is -0.354 e. The van der Waals surface area contributed by atoms with Gasteiger partial charge in [0.1, 0.15) is 0 Å². The zero-order valence-electron chi connectivity index (χ0n) is 11.5. The van der Waals surface area contributed by atoms with Crippen molar-refractivity contribution in [3.8, 4) is 0 Å². The molecule has 1 aliphatic carbocycles. The van der Waals surface area contributed by atoms with Crippen LogP contribution < -0.4 is 10.6 Å². The molecule has 0 bridgehead atoms. The van der Waals surface area contributed by atoms with Crippen molar-refractivity contribution in [2.45, 2.75) is 57.9 Å². The Bertz CT molecular complexity index is 312. The van der Waals surface area contributed by atoms with Crippen molar-refractivity contribution in [2.24, 2.45) is 5.92 Å². The summed E-state index contributed by atoms with van der Waals surface area (Å²) in [4.78, 5) is 12.0. The molecule has 2 rings (SSSR count). The van der Waals surface area contributed by atoms with E-state index in [2.05, 4.69) is 23.6 Å². The predicted octanol–water partition coefficient (Wildman–Crippen LogP) is 2.38. The molecule has 1 aliphatic heterocycles. The maximum Gasteiger partial charge on any atom is 0.237 e. The lowest BCUT2D eigenvalue weighted by molar-refractivity contribution is -0.124. The van der Waals surface area contributed by atoms with E-state index < -0.39 is 0 Å². The van der Waals surface area contributed by atoms with E-state index in [4.69, 9.17) is 0 Å². The standard InChI is InChI=1S/C15H26N2O/c1-2-12-7-9-16-14(11-12)15(18)17-10-8-13-5-3-4-6-13/h5,12,14,16H,2-4,6-11H2,1H3,(H,17,18). The fourth-order valence-corrected chi connectivity index (χ4v) is 3.00. The van der Waals surface area contributed by atoms with E-state index in [0.717, 1.165) is 31.8 Å². The number of hydrogen-bond donors (Lipinski definition) is 2. The molecule has 3 heteroatoms. The zero-order valence-corrected chi connectivity index (χ0v) is 11.5. The van der Waals surface area contributed by atoms with Crippen LogP contribution in [0.4, 0.5) is 0 Å². The van der Waals surface area contributed by atoms with Gasteiger partial charge in [0.25, 0.3) is 0 Å². The summed E-state index contributed by atoms with van der Waals surface area (Å²) in [6.07, 6.45) is 10.5. The number of piperidine rings is 1. The summed E-state index contributed by atoms with van der Waals surface area (Å²) in [5.41, 5.74) is 1.53. The van der Waals surface area contributed by atoms with Gasteiger partial charge in [0.05, 0.1) is 6.04 Å². The molecule has 2 aliphatic rings. The van der Waals surface area contributed by atoms with Crippen LogP contribution in [0, 0.1) is 5.92 Å². The van der Waals surface area contributed by atoms with Gasteiger partial charge < -0.3 is 10.6 Å². The molecule has 0 spiro atoms. The van der Waals surface area contributed by atoms with Crippen molar-refractivity contribution >= 4 is 5.91 Å². The molecule has 2 atom stereocenters. The van der Waals surface area contributed by atoms with E-state index in [-0.39, 0.29) is 11.9 Å². The maximum atomic E-state index is 12.0. The molecule has 18 heavy (non-hydrogen) atoms. The topological polar surface area (TPSA) is 41.1 Å². The van der Waals surface area contributed by atoms with Gasteiger partial charge in [0.15, 0.2) is 0 Å². The molecule has 0 aromatic rings. The van der Waals surface area contributed by atoms with Crippen LogP contribution in [0.25, 0.3) is 0 Å². The predicted molar refractivity (Wildman–Crippen MR) is 74.4 cm³/mol. The summed E-state index contributed by atoms with van der Waals surface area (Å²) < 4.78 is 0. The van der Waals surface area contributed by atoms with Crippen LogP contribution >= 0.6 is 0 Å². The van der Waals surface area contributed by atoms with Crippen molar-refractivity contribution in [3.05, 3.63) is 11.6 Å². The Labute approximate surface area is 110 Å². The van der Waals surface area contributed by atoms with E-state index in [1.165, 1.54) is 37.7 Å². The Morgan fingerprint density at radius 2 is 2.44 bits per heavy atom. The van der Waals surface area contributed by atoms with Gasteiger partial charge in [0, 0.05) is 6.54 Å². The number of nitrogens with one attached hydrogen (secondary N) is 2. The molecule has 0 radical (unpaired) electrons. The third-order valence-corrected chi connectivity index (χ3v) is 4.29. The van der Waals surface area contributed by atoms with Crippen molar-refractivity contribution in [2.75, 3.05) is 13.1 Å². The first-order chi connectivity index (χ1) is 8.79. The summed E-state index contributed by atoms with van der Waals surface area (Å²) in [7, 11) is 0. The highest BCUT2D eigenvalue weighted by Crippen LogP contribution is 2.21. The van der Waals surface area contributed by atoms with Gasteiger partial charge in [-0.25, -0.2) is 0 Å². The molecule has 2 N–H and O–H groups in total. The van der Waals surface area contributed by atoms with Crippen LogP contribution in [0.3, 0.4) is 0 Å². The molecule has 1 saturated heterocycles. The molecule has 3 nitrogen and oxygen atoms in total. The average molecular weight is 250 g/mol. The first-order valence-electron chi connectivity index (χ1n) is 7.48. The molecule has 102 valence electrons. The minimum absolute atomic E-state index is 0.0428. The molecule has 2 unspecified atom stereocenters. The second-order valence-electron chi connectivity index (χ2n) is 5.60. The van der Waals surface area contributed by atoms with Crippen LogP contribution in [0.5, 0.6) is 0 Å². The van der Waals surface area contributed by atoms with Crippen LogP contribution in [0.1, 0.15) is 51.9 Å². The molecule has 0 aromatic carbocycles. The van der Waals surface area contributed by atoms with E-state index in [1.807, 2.05) is 0 Å². The smallest absolute Gasteiger partial charge is 0.237 e. The van der Waals surface area contributed by atoms with Crippen LogP contribution in [0.15, 0.2) is 11.6 Å². The Hall–Kier alpha value is -0.830. The Morgan fingerprint density at radius 3 is 3.17 bits per heavy atom. The van der Waals surface area contributed by atoms with Gasteiger partial charge in [-0.15, -0.1) is 0 Å². The quantitative estimate of drug-likeness (QED) is 0.736. The fraction of sp³-hybridized carbons (Fsp3) is 0.800. The molecule has 1 fully saturated rings. The van der Waals surface area contributed by atoms with Crippen LogP contribution in [-0.2, 0) is 4.79 Å². The van der Waals surface area contributed by atoms with Crippen molar-refractivity contribution in [1.82, 2.24) is 10.6 Å². The van der Waals surface area contributed by atoms with Crippen molar-refractivity contribution in [1.29, 1.82) is 0 Å². The van der Waals surface area contributed by atoms with Gasteiger partial charge in [0.2, 0.25) is 5.91 Å². The summed E-state index contributed by atoms with van der Waals surface area (Å²) in [6, 6.07) is 0.0428. The zero-order chi connectivity index (χ0) is 12.8. The van der Waals surface area contributed by atoms with Crippen LogP contribution in [-0.4, -0.2) is 25.0 Å². The number of carbonyl (C=O) groups excluding carboxylic acids is 1. The summed E-state index contributed by atoms with van der Waals surface area (Å²) >= 11 is 0.